The van der Waals surface area contributed by atoms with Gasteiger partial charge in [0, 0.05) is 11.1 Å². The van der Waals surface area contributed by atoms with E-state index < -0.39 is 56.0 Å². The fourth-order valence-corrected chi connectivity index (χ4v) is 2.44. The molecule has 0 fully saturated rings. The Morgan fingerprint density at radius 3 is 1.11 bits per heavy atom. The van der Waals surface area contributed by atoms with Gasteiger partial charge in [-0.1, -0.05) is 93.9 Å². The predicted octanol–water partition coefficient (Wildman–Crippen LogP) is 4.70. The molecular weight excluding hydrogens is 639 g/mol. The van der Waals surface area contributed by atoms with Crippen molar-refractivity contribution in [2.24, 2.45) is 21.5 Å². The van der Waals surface area contributed by atoms with Crippen molar-refractivity contribution in [1.29, 1.82) is 0 Å². The molecule has 0 aliphatic heterocycles. The van der Waals surface area contributed by atoms with Crippen molar-refractivity contribution in [2.75, 3.05) is 0 Å². The Morgan fingerprint density at radius 1 is 0.667 bits per heavy atom. The summed E-state index contributed by atoms with van der Waals surface area (Å²) in [5.41, 5.74) is 11.3. The Bertz CT molecular complexity index is 941. The van der Waals surface area contributed by atoms with Crippen molar-refractivity contribution in [3.63, 3.8) is 0 Å². The second-order valence-corrected chi connectivity index (χ2v) is 10.9. The molecule has 4 N–H and O–H groups in total. The number of alkyl halides is 12. The quantitative estimate of drug-likeness (QED) is 0.151. The van der Waals surface area contributed by atoms with Crippen LogP contribution < -0.4 is 11.5 Å². The molecule has 0 unspecified atom stereocenters. The number of hydrogen-bond donors (Lipinski definition) is 2. The van der Waals surface area contributed by atoms with Gasteiger partial charge in [-0.2, -0.15) is 26.3 Å². The number of amidine groups is 2. The van der Waals surface area contributed by atoms with Crippen molar-refractivity contribution in [3.8, 4) is 0 Å². The topological polar surface area (TPSA) is 129 Å². The number of hydrogen-bond acceptors (Lipinski definition) is 6. The van der Waals surface area contributed by atoms with E-state index in [4.69, 9.17) is 81.1 Å². The second kappa shape index (κ2) is 11.9. The summed E-state index contributed by atoms with van der Waals surface area (Å²) in [5, 5.41) is 0. The predicted molar refractivity (Wildman–Crippen MR) is 120 cm³/mol. The minimum absolute atomic E-state index is 0.0321. The van der Waals surface area contributed by atoms with E-state index in [2.05, 4.69) is 19.5 Å². The Hall–Kier alpha value is -1.58. The number of nitrogens with zero attached hydrogens (tertiary/aromatic N) is 2. The lowest BCUT2D eigenvalue weighted by Crippen LogP contribution is -2.37. The van der Waals surface area contributed by atoms with Crippen molar-refractivity contribution >= 4 is 93.2 Å². The lowest BCUT2D eigenvalue weighted by molar-refractivity contribution is -0.204. The van der Waals surface area contributed by atoms with Gasteiger partial charge in [0.05, 0.1) is 0 Å². The minimum Gasteiger partial charge on any atom is -0.428 e. The molecule has 36 heavy (non-hydrogen) atoms. The fraction of sp³-hybridized carbons (Fsp3) is 0.375. The maximum Gasteiger partial charge on any atom is 0.491 e. The van der Waals surface area contributed by atoms with Gasteiger partial charge in [0.25, 0.3) is 0 Å². The maximum absolute atomic E-state index is 12.5. The summed E-state index contributed by atoms with van der Waals surface area (Å²) in [6.45, 7) is 0. The van der Waals surface area contributed by atoms with Crippen LogP contribution in [0.4, 0.5) is 26.3 Å². The molecule has 8 nitrogen and oxygen atoms in total. The number of halogens is 12. The third kappa shape index (κ3) is 10.1. The molecule has 0 heterocycles. The van der Waals surface area contributed by atoms with Crippen molar-refractivity contribution in [2.45, 2.75) is 32.4 Å². The molecule has 0 saturated heterocycles. The summed E-state index contributed by atoms with van der Waals surface area (Å²) < 4.78 is 77.5. The third-order valence-corrected chi connectivity index (χ3v) is 4.57. The van der Waals surface area contributed by atoms with Crippen LogP contribution in [0.3, 0.4) is 0 Å². The molecule has 2 atom stereocenters. The van der Waals surface area contributed by atoms with Crippen molar-refractivity contribution in [1.82, 2.24) is 0 Å². The smallest absolute Gasteiger partial charge is 0.428 e. The number of aliphatic imine (C=N–C) groups is 2. The largest absolute Gasteiger partial charge is 0.491 e. The van der Waals surface area contributed by atoms with Crippen LogP contribution in [0.1, 0.15) is 11.1 Å². The summed E-state index contributed by atoms with van der Waals surface area (Å²) in [6, 6.07) is 4.57. The monoisotopic (exact) mass is 646 g/mol. The van der Waals surface area contributed by atoms with E-state index >= 15 is 0 Å². The summed E-state index contributed by atoms with van der Waals surface area (Å²) in [7, 11) is 0. The molecule has 1 aromatic rings. The Labute approximate surface area is 227 Å². The van der Waals surface area contributed by atoms with Crippen LogP contribution in [0, 0.1) is 0 Å². The van der Waals surface area contributed by atoms with Gasteiger partial charge < -0.3 is 20.9 Å². The Kier molecular flexibility index (Phi) is 10.7. The number of nitrogens with two attached hydrogens (primary N) is 2. The zero-order valence-corrected chi connectivity index (χ0v) is 21.2. The first-order valence-corrected chi connectivity index (χ1v) is 10.8. The average Bonchev–Trinajstić information content (AvgIpc) is 2.69. The van der Waals surface area contributed by atoms with Crippen LogP contribution >= 0.6 is 69.6 Å². The van der Waals surface area contributed by atoms with Crippen molar-refractivity contribution < 1.29 is 45.4 Å². The van der Waals surface area contributed by atoms with Crippen LogP contribution in [0.15, 0.2) is 34.3 Å². The Balaban J connectivity index is 3.22. The first-order chi connectivity index (χ1) is 16.0. The van der Waals surface area contributed by atoms with Gasteiger partial charge >= 0.3 is 24.3 Å². The number of esters is 2. The summed E-state index contributed by atoms with van der Waals surface area (Å²) in [6.07, 6.45) is -15.5. The first-order valence-electron chi connectivity index (χ1n) is 8.50. The van der Waals surface area contributed by atoms with E-state index in [0.717, 1.165) is 24.3 Å². The highest BCUT2D eigenvalue weighted by Crippen LogP contribution is 2.36. The highest BCUT2D eigenvalue weighted by Gasteiger charge is 2.47. The molecule has 1 aromatic carbocycles. The third-order valence-electron chi connectivity index (χ3n) is 3.45. The highest BCUT2D eigenvalue weighted by molar-refractivity contribution is 6.68. The summed E-state index contributed by atoms with van der Waals surface area (Å²) in [5.74, 6) is -6.54. The SMILES string of the molecule is NC(=N[C@H](OC(=O)C(F)(F)F)C(Cl)(Cl)Cl)c1ccc(C(N)=N[C@@H](OC(=O)C(F)(F)F)C(Cl)(Cl)Cl)cc1. The molecule has 0 amide bonds. The van der Waals surface area contributed by atoms with Gasteiger partial charge in [-0.25, -0.2) is 19.6 Å². The van der Waals surface area contributed by atoms with E-state index in [9.17, 15) is 35.9 Å². The molecule has 0 bridgehead atoms. The molecule has 1 rings (SSSR count). The molecule has 20 heteroatoms. The fourth-order valence-electron chi connectivity index (χ4n) is 1.88. The van der Waals surface area contributed by atoms with Gasteiger partial charge in [-0.05, 0) is 0 Å². The summed E-state index contributed by atoms with van der Waals surface area (Å²) in [4.78, 5) is 29.0. The minimum atomic E-state index is -5.42. The first kappa shape index (κ1) is 32.4. The van der Waals surface area contributed by atoms with Crippen LogP contribution in [0.5, 0.6) is 0 Å². The molecule has 0 aliphatic carbocycles. The van der Waals surface area contributed by atoms with E-state index in [1.807, 2.05) is 0 Å². The van der Waals surface area contributed by atoms with Crippen LogP contribution in [-0.4, -0.2) is 56.0 Å². The van der Waals surface area contributed by atoms with Gasteiger partial charge in [0.2, 0.25) is 20.0 Å². The Morgan fingerprint density at radius 2 is 0.917 bits per heavy atom. The molecule has 0 aromatic heterocycles. The number of carbonyl (C=O) groups is 2. The zero-order chi connectivity index (χ0) is 28.3. The van der Waals surface area contributed by atoms with Crippen LogP contribution in [0.25, 0.3) is 0 Å². The summed E-state index contributed by atoms with van der Waals surface area (Å²) >= 11 is 33.0. The average molecular weight is 649 g/mol. The maximum atomic E-state index is 12.5. The highest BCUT2D eigenvalue weighted by atomic mass is 35.6. The molecule has 0 aliphatic rings. The van der Waals surface area contributed by atoms with Crippen LogP contribution in [0.2, 0.25) is 0 Å². The lowest BCUT2D eigenvalue weighted by Gasteiger charge is -2.22. The van der Waals surface area contributed by atoms with Gasteiger partial charge in [-0.3, -0.25) is 0 Å². The van der Waals surface area contributed by atoms with Gasteiger partial charge in [0.15, 0.2) is 0 Å². The van der Waals surface area contributed by atoms with E-state index in [1.165, 1.54) is 0 Å². The standard InChI is InChI=1S/C16H10Cl6F6N4O4/c17-13(18,19)9(35-11(33)15(23,24)25)31-7(29)5-1-2-6(4-3-5)8(30)32-10(14(20,21)22)36-12(34)16(26,27)28/h1-4,9-10H,(H2,29,31)(H2,30,32)/t9-,10+. The van der Waals surface area contributed by atoms with E-state index in [-0.39, 0.29) is 11.1 Å². The normalized spacial score (nSPS) is 15.8. The molecular formula is C16H10Cl6F6N4O4. The zero-order valence-electron chi connectivity index (χ0n) is 16.7. The number of rotatable bonds is 6. The lowest BCUT2D eigenvalue weighted by atomic mass is 10.1. The van der Waals surface area contributed by atoms with Crippen LogP contribution in [-0.2, 0) is 19.1 Å². The van der Waals surface area contributed by atoms with E-state index in [1.54, 1.807) is 0 Å². The van der Waals surface area contributed by atoms with Crippen molar-refractivity contribution in [3.05, 3.63) is 35.4 Å². The molecule has 0 radical (unpaired) electrons. The number of benzene rings is 1. The van der Waals surface area contributed by atoms with Gasteiger partial charge in [-0.15, -0.1) is 0 Å². The molecule has 202 valence electrons. The molecule has 0 saturated carbocycles. The number of ether oxygens (including phenoxy) is 2. The second-order valence-electron chi connectivity index (χ2n) is 6.20. The number of carbonyl (C=O) groups excluding carboxylic acids is 2. The van der Waals surface area contributed by atoms with E-state index in [0.29, 0.717) is 0 Å². The molecule has 0 spiro atoms. The van der Waals surface area contributed by atoms with Gasteiger partial charge in [0.1, 0.15) is 11.7 Å².